The molecule has 1 aromatic carbocycles. The molecule has 20 heavy (non-hydrogen) atoms. The van der Waals surface area contributed by atoms with Crippen molar-refractivity contribution in [3.8, 4) is 5.75 Å². The smallest absolute Gasteiger partial charge is 0.260 e. The highest BCUT2D eigenvalue weighted by Crippen LogP contribution is 2.44. The van der Waals surface area contributed by atoms with Crippen LogP contribution >= 0.6 is 0 Å². The third-order valence-electron chi connectivity index (χ3n) is 3.95. The number of unbranched alkanes of at least 4 members (excludes halogenated alkanes) is 6. The Morgan fingerprint density at radius 3 is 2.30 bits per heavy atom. The van der Waals surface area contributed by atoms with Crippen molar-refractivity contribution < 1.29 is 14.9 Å². The van der Waals surface area contributed by atoms with Gasteiger partial charge in [-0.1, -0.05) is 51.5 Å². The summed E-state index contributed by atoms with van der Waals surface area (Å²) >= 11 is 0. The Hall–Kier alpha value is -1.06. The topological polar surface area (TPSA) is 45.3 Å². The highest BCUT2D eigenvalue weighted by atomic mass is 17.4. The van der Waals surface area contributed by atoms with Crippen molar-refractivity contribution in [2.45, 2.75) is 71.0 Å². The van der Waals surface area contributed by atoms with Gasteiger partial charge in [-0.15, -0.1) is 0 Å². The maximum absolute atomic E-state index is 9.84. The molecule has 0 aliphatic carbocycles. The molecule has 1 saturated heterocycles. The summed E-state index contributed by atoms with van der Waals surface area (Å²) in [4.78, 5) is 9.88. The van der Waals surface area contributed by atoms with Gasteiger partial charge in [-0.05, 0) is 30.5 Å². The van der Waals surface area contributed by atoms with Gasteiger partial charge >= 0.3 is 0 Å². The molecule has 1 heterocycles. The van der Waals surface area contributed by atoms with Crippen LogP contribution in [-0.4, -0.2) is 5.11 Å². The minimum absolute atomic E-state index is 0.244. The van der Waals surface area contributed by atoms with Crippen molar-refractivity contribution in [1.82, 2.24) is 0 Å². The standard InChI is InChI=1S/C17H26O3/c1-3-4-5-6-7-8-9-10-14-11-12-16(18)15(13-14)17(2)19-20-17/h11-13,18H,3-10H2,1-2H3. The summed E-state index contributed by atoms with van der Waals surface area (Å²) in [5.74, 6) is -0.492. The van der Waals surface area contributed by atoms with Crippen LogP contribution in [0.4, 0.5) is 0 Å². The summed E-state index contributed by atoms with van der Waals surface area (Å²) in [6.45, 7) is 4.07. The van der Waals surface area contributed by atoms with Gasteiger partial charge in [0.2, 0.25) is 0 Å². The minimum atomic E-state index is -0.736. The summed E-state index contributed by atoms with van der Waals surface area (Å²) in [6, 6.07) is 5.73. The molecule has 1 aromatic rings. The third-order valence-corrected chi connectivity index (χ3v) is 3.95. The monoisotopic (exact) mass is 278 g/mol. The van der Waals surface area contributed by atoms with E-state index in [2.05, 4.69) is 6.92 Å². The maximum Gasteiger partial charge on any atom is 0.260 e. The fourth-order valence-electron chi connectivity index (χ4n) is 2.54. The lowest BCUT2D eigenvalue weighted by Gasteiger charge is -2.08. The van der Waals surface area contributed by atoms with Crippen LogP contribution in [0, 0.1) is 0 Å². The van der Waals surface area contributed by atoms with Crippen molar-refractivity contribution in [2.24, 2.45) is 0 Å². The molecule has 1 N–H and O–H groups in total. The molecular weight excluding hydrogens is 252 g/mol. The number of rotatable bonds is 9. The van der Waals surface area contributed by atoms with Gasteiger partial charge in [-0.2, -0.15) is 9.78 Å². The predicted molar refractivity (Wildman–Crippen MR) is 79.3 cm³/mol. The molecule has 0 radical (unpaired) electrons. The molecule has 0 spiro atoms. The van der Waals surface area contributed by atoms with Crippen LogP contribution < -0.4 is 0 Å². The molecule has 0 atom stereocenters. The second-order valence-corrected chi connectivity index (χ2v) is 5.84. The molecule has 3 heteroatoms. The second kappa shape index (κ2) is 7.09. The number of benzene rings is 1. The molecule has 0 saturated carbocycles. The molecule has 1 aliphatic heterocycles. The van der Waals surface area contributed by atoms with E-state index in [1.54, 1.807) is 6.07 Å². The molecule has 112 valence electrons. The number of hydrogen-bond donors (Lipinski definition) is 1. The van der Waals surface area contributed by atoms with Gasteiger partial charge < -0.3 is 5.11 Å². The molecule has 2 rings (SSSR count). The first-order valence-corrected chi connectivity index (χ1v) is 7.85. The summed E-state index contributed by atoms with van der Waals surface area (Å²) in [7, 11) is 0. The van der Waals surface area contributed by atoms with Crippen molar-refractivity contribution in [2.75, 3.05) is 0 Å². The normalized spacial score (nSPS) is 16.3. The van der Waals surface area contributed by atoms with Gasteiger partial charge in [0.15, 0.2) is 0 Å². The van der Waals surface area contributed by atoms with E-state index in [4.69, 9.17) is 9.78 Å². The Morgan fingerprint density at radius 1 is 1.00 bits per heavy atom. The van der Waals surface area contributed by atoms with Gasteiger partial charge in [-0.3, -0.25) is 0 Å². The van der Waals surface area contributed by atoms with Crippen LogP contribution in [0.5, 0.6) is 5.75 Å². The molecule has 0 bridgehead atoms. The molecule has 1 fully saturated rings. The Bertz CT molecular complexity index is 424. The van der Waals surface area contributed by atoms with E-state index in [0.29, 0.717) is 0 Å². The molecular formula is C17H26O3. The summed E-state index contributed by atoms with van der Waals surface area (Å²) in [5, 5.41) is 9.84. The van der Waals surface area contributed by atoms with Gasteiger partial charge in [0.05, 0.1) is 5.56 Å². The summed E-state index contributed by atoms with van der Waals surface area (Å²) in [6.07, 6.45) is 10.3. The lowest BCUT2D eigenvalue weighted by Crippen LogP contribution is -2.02. The van der Waals surface area contributed by atoms with E-state index in [1.807, 2.05) is 19.1 Å². The van der Waals surface area contributed by atoms with E-state index >= 15 is 0 Å². The fraction of sp³-hybridized carbons (Fsp3) is 0.647. The Kier molecular flexibility index (Phi) is 5.44. The largest absolute Gasteiger partial charge is 0.507 e. The number of aryl methyl sites for hydroxylation is 1. The first kappa shape index (κ1) is 15.3. The van der Waals surface area contributed by atoms with Crippen molar-refractivity contribution >= 4 is 0 Å². The number of hydrogen-bond acceptors (Lipinski definition) is 3. The van der Waals surface area contributed by atoms with Crippen LogP contribution in [0.25, 0.3) is 0 Å². The fourth-order valence-corrected chi connectivity index (χ4v) is 2.54. The van der Waals surface area contributed by atoms with Gasteiger partial charge in [0, 0.05) is 6.92 Å². The average Bonchev–Trinajstić information content (AvgIpc) is 3.18. The highest BCUT2D eigenvalue weighted by Gasteiger charge is 2.47. The number of phenolic OH excluding ortho intramolecular Hbond substituents is 1. The van der Waals surface area contributed by atoms with Crippen LogP contribution in [0.15, 0.2) is 18.2 Å². The molecule has 0 aromatic heterocycles. The Morgan fingerprint density at radius 2 is 1.65 bits per heavy atom. The molecule has 1 aliphatic rings. The maximum atomic E-state index is 9.84. The number of phenols is 1. The van der Waals surface area contributed by atoms with Crippen LogP contribution in [-0.2, 0) is 22.0 Å². The SMILES string of the molecule is CCCCCCCCCc1ccc(O)c(C2(C)OO2)c1. The summed E-state index contributed by atoms with van der Waals surface area (Å²) in [5.41, 5.74) is 1.98. The third kappa shape index (κ3) is 4.22. The lowest BCUT2D eigenvalue weighted by molar-refractivity contribution is 0.0850. The Balaban J connectivity index is 1.73. The van der Waals surface area contributed by atoms with Crippen LogP contribution in [0.1, 0.15) is 69.9 Å². The first-order chi connectivity index (χ1) is 9.65. The molecule has 0 amide bonds. The minimum Gasteiger partial charge on any atom is -0.507 e. The van der Waals surface area contributed by atoms with Gasteiger partial charge in [-0.25, -0.2) is 0 Å². The Labute approximate surface area is 121 Å². The van der Waals surface area contributed by atoms with Crippen molar-refractivity contribution in [3.63, 3.8) is 0 Å². The van der Waals surface area contributed by atoms with Crippen LogP contribution in [0.2, 0.25) is 0 Å². The lowest BCUT2D eigenvalue weighted by atomic mass is 9.99. The van der Waals surface area contributed by atoms with Gasteiger partial charge in [0.1, 0.15) is 5.75 Å². The first-order valence-electron chi connectivity index (χ1n) is 7.85. The number of aromatic hydroxyl groups is 1. The zero-order valence-electron chi connectivity index (χ0n) is 12.7. The van der Waals surface area contributed by atoms with E-state index in [1.165, 1.54) is 50.5 Å². The van der Waals surface area contributed by atoms with E-state index < -0.39 is 5.79 Å². The highest BCUT2D eigenvalue weighted by molar-refractivity contribution is 5.39. The zero-order valence-corrected chi connectivity index (χ0v) is 12.7. The van der Waals surface area contributed by atoms with Crippen molar-refractivity contribution in [1.29, 1.82) is 0 Å². The average molecular weight is 278 g/mol. The van der Waals surface area contributed by atoms with E-state index in [0.717, 1.165) is 12.0 Å². The molecule has 3 nitrogen and oxygen atoms in total. The molecule has 0 unspecified atom stereocenters. The van der Waals surface area contributed by atoms with E-state index in [9.17, 15) is 5.11 Å². The predicted octanol–water partition coefficient (Wildman–Crippen LogP) is 4.82. The van der Waals surface area contributed by atoms with Gasteiger partial charge in [0.25, 0.3) is 5.79 Å². The van der Waals surface area contributed by atoms with Crippen LogP contribution in [0.3, 0.4) is 0 Å². The van der Waals surface area contributed by atoms with Crippen molar-refractivity contribution in [3.05, 3.63) is 29.3 Å². The zero-order chi connectivity index (χ0) is 14.4. The summed E-state index contributed by atoms with van der Waals surface area (Å²) < 4.78 is 0. The van der Waals surface area contributed by atoms with E-state index in [-0.39, 0.29) is 5.75 Å². The second-order valence-electron chi connectivity index (χ2n) is 5.84. The quantitative estimate of drug-likeness (QED) is 0.400.